The van der Waals surface area contributed by atoms with E-state index in [0.717, 1.165) is 19.9 Å². The molecule has 0 aliphatic carbocycles. The molecular formula is C33H27IN2O4. The molecule has 0 heterocycles. The highest BCUT2D eigenvalue weighted by molar-refractivity contribution is 14.1. The molecule has 6 nitrogen and oxygen atoms in total. The van der Waals surface area contributed by atoms with Crippen molar-refractivity contribution in [1.29, 1.82) is 0 Å². The van der Waals surface area contributed by atoms with Gasteiger partial charge in [0, 0.05) is 0 Å². The van der Waals surface area contributed by atoms with Gasteiger partial charge in [-0.3, -0.25) is 4.79 Å². The fourth-order valence-corrected chi connectivity index (χ4v) is 5.34. The van der Waals surface area contributed by atoms with Gasteiger partial charge in [-0.15, -0.1) is 0 Å². The van der Waals surface area contributed by atoms with Crippen LogP contribution in [-0.2, 0) is 17.0 Å². The summed E-state index contributed by atoms with van der Waals surface area (Å²) in [6.45, 7) is 0.384. The first-order chi connectivity index (χ1) is 19.5. The second-order valence-electron chi connectivity index (χ2n) is 9.10. The third-order valence-corrected chi connectivity index (χ3v) is 7.40. The minimum Gasteiger partial charge on any atom is -0.493 e. The summed E-state index contributed by atoms with van der Waals surface area (Å²) in [5.41, 5.74) is 3.26. The predicted octanol–water partition coefficient (Wildman–Crippen LogP) is 6.42. The summed E-state index contributed by atoms with van der Waals surface area (Å²) < 4.78 is 12.7. The van der Waals surface area contributed by atoms with Crippen LogP contribution < -0.4 is 14.9 Å². The average Bonchev–Trinajstić information content (AvgIpc) is 3.00. The largest absolute Gasteiger partial charge is 0.493 e. The number of fused-ring (bicyclic) bond motifs is 1. The summed E-state index contributed by atoms with van der Waals surface area (Å²) in [6.07, 6.45) is 1.51. The third-order valence-electron chi connectivity index (χ3n) is 6.60. The molecule has 200 valence electrons. The first-order valence-corrected chi connectivity index (χ1v) is 13.7. The van der Waals surface area contributed by atoms with Gasteiger partial charge in [0.05, 0.1) is 16.9 Å². The van der Waals surface area contributed by atoms with Crippen molar-refractivity contribution < 1.29 is 19.4 Å². The van der Waals surface area contributed by atoms with Crippen molar-refractivity contribution in [3.63, 3.8) is 0 Å². The van der Waals surface area contributed by atoms with E-state index < -0.39 is 11.5 Å². The molecule has 0 saturated heterocycles. The molecule has 5 rings (SSSR count). The SMILES string of the molecule is COc1cc(/C=N\NC(=O)C(O)(c2ccccc2)c2ccccc2)cc(I)c1OCc1cccc2ccccc12. The van der Waals surface area contributed by atoms with Gasteiger partial charge in [-0.2, -0.15) is 5.10 Å². The molecule has 5 aromatic rings. The Bertz CT molecular complexity index is 1610. The number of hydrazone groups is 1. The molecule has 0 saturated carbocycles. The molecule has 5 aromatic carbocycles. The average molecular weight is 642 g/mol. The van der Waals surface area contributed by atoms with Crippen molar-refractivity contribution >= 4 is 45.5 Å². The van der Waals surface area contributed by atoms with Crippen LogP contribution >= 0.6 is 22.6 Å². The number of hydrogen-bond acceptors (Lipinski definition) is 5. The van der Waals surface area contributed by atoms with Crippen LogP contribution in [0, 0.1) is 3.57 Å². The van der Waals surface area contributed by atoms with Crippen molar-refractivity contribution in [2.24, 2.45) is 5.10 Å². The van der Waals surface area contributed by atoms with Crippen molar-refractivity contribution in [3.05, 3.63) is 141 Å². The Balaban J connectivity index is 1.34. The third kappa shape index (κ3) is 5.71. The first kappa shape index (κ1) is 27.4. The second-order valence-corrected chi connectivity index (χ2v) is 10.3. The van der Waals surface area contributed by atoms with Crippen LogP contribution in [0.4, 0.5) is 0 Å². The van der Waals surface area contributed by atoms with E-state index in [1.807, 2.05) is 36.4 Å². The molecule has 0 bridgehead atoms. The van der Waals surface area contributed by atoms with Crippen LogP contribution in [-0.4, -0.2) is 24.3 Å². The normalized spacial score (nSPS) is 11.5. The van der Waals surface area contributed by atoms with Gasteiger partial charge >= 0.3 is 0 Å². The summed E-state index contributed by atoms with van der Waals surface area (Å²) in [7, 11) is 1.58. The fraction of sp³-hybridized carbons (Fsp3) is 0.0909. The van der Waals surface area contributed by atoms with Gasteiger partial charge in [-0.05, 0) is 67.7 Å². The summed E-state index contributed by atoms with van der Waals surface area (Å²) >= 11 is 2.20. The number of hydrogen-bond donors (Lipinski definition) is 2. The number of nitrogens with one attached hydrogen (secondary N) is 1. The highest BCUT2D eigenvalue weighted by atomic mass is 127. The van der Waals surface area contributed by atoms with Crippen LogP contribution in [0.15, 0.2) is 120 Å². The number of aliphatic hydroxyl groups is 1. The second kappa shape index (κ2) is 12.3. The number of carbonyl (C=O) groups is 1. The van der Waals surface area contributed by atoms with E-state index in [2.05, 4.69) is 57.4 Å². The number of nitrogens with zero attached hydrogens (tertiary/aromatic N) is 1. The Morgan fingerprint density at radius 2 is 1.52 bits per heavy atom. The molecule has 0 aliphatic rings. The zero-order valence-corrected chi connectivity index (χ0v) is 23.9. The first-order valence-electron chi connectivity index (χ1n) is 12.6. The monoisotopic (exact) mass is 642 g/mol. The van der Waals surface area contributed by atoms with E-state index in [4.69, 9.17) is 9.47 Å². The maximum atomic E-state index is 13.3. The topological polar surface area (TPSA) is 80.2 Å². The van der Waals surface area contributed by atoms with Crippen LogP contribution in [0.25, 0.3) is 10.8 Å². The number of carbonyl (C=O) groups excluding carboxylic acids is 1. The standard InChI is InChI=1S/C33H27IN2O4/c1-39-30-20-23(19-29(34)31(30)40-22-25-13-10-12-24-11-8-9-18-28(24)25)21-35-36-32(37)33(38,26-14-4-2-5-15-26)27-16-6-3-7-17-27/h2-21,38H,22H2,1H3,(H,36,37)/b35-21-. The number of methoxy groups -OCH3 is 1. The molecule has 1 amide bonds. The fourth-order valence-electron chi connectivity index (χ4n) is 4.56. The maximum Gasteiger partial charge on any atom is 0.281 e. The molecule has 0 aromatic heterocycles. The van der Waals surface area contributed by atoms with Crippen LogP contribution in [0.5, 0.6) is 11.5 Å². The Morgan fingerprint density at radius 3 is 2.20 bits per heavy atom. The molecule has 7 heteroatoms. The minimum atomic E-state index is -1.91. The van der Waals surface area contributed by atoms with Gasteiger partial charge in [0.15, 0.2) is 17.1 Å². The Kier molecular flexibility index (Phi) is 8.42. The maximum absolute atomic E-state index is 13.3. The molecule has 0 radical (unpaired) electrons. The summed E-state index contributed by atoms with van der Waals surface area (Å²) in [5.74, 6) is 0.502. The molecule has 2 N–H and O–H groups in total. The van der Waals surface area contributed by atoms with Gasteiger partial charge < -0.3 is 14.6 Å². The molecule has 0 atom stereocenters. The van der Waals surface area contributed by atoms with E-state index in [1.54, 1.807) is 61.7 Å². The van der Waals surface area contributed by atoms with E-state index in [0.29, 0.717) is 34.8 Å². The molecular weight excluding hydrogens is 615 g/mol. The number of halogens is 1. The lowest BCUT2D eigenvalue weighted by molar-refractivity contribution is -0.136. The van der Waals surface area contributed by atoms with Crippen molar-refractivity contribution in [2.45, 2.75) is 12.2 Å². The predicted molar refractivity (Wildman–Crippen MR) is 166 cm³/mol. The highest BCUT2D eigenvalue weighted by Gasteiger charge is 2.39. The number of amides is 1. The van der Waals surface area contributed by atoms with E-state index in [-0.39, 0.29) is 0 Å². The van der Waals surface area contributed by atoms with Crippen molar-refractivity contribution in [2.75, 3.05) is 7.11 Å². The Morgan fingerprint density at radius 1 is 0.900 bits per heavy atom. The van der Waals surface area contributed by atoms with Crippen LogP contribution in [0.3, 0.4) is 0 Å². The van der Waals surface area contributed by atoms with Gasteiger partial charge in [0.1, 0.15) is 6.61 Å². The number of benzene rings is 5. The molecule has 40 heavy (non-hydrogen) atoms. The van der Waals surface area contributed by atoms with Gasteiger partial charge in [-0.1, -0.05) is 103 Å². The molecule has 0 aliphatic heterocycles. The quantitative estimate of drug-likeness (QED) is 0.111. The Hall–Kier alpha value is -4.21. The summed E-state index contributed by atoms with van der Waals surface area (Å²) in [5, 5.41) is 18.0. The van der Waals surface area contributed by atoms with Gasteiger partial charge in [0.25, 0.3) is 5.91 Å². The Labute approximate surface area is 246 Å². The van der Waals surface area contributed by atoms with Crippen LogP contribution in [0.1, 0.15) is 22.3 Å². The number of rotatable bonds is 9. The zero-order valence-electron chi connectivity index (χ0n) is 21.8. The van der Waals surface area contributed by atoms with Crippen molar-refractivity contribution in [3.8, 4) is 11.5 Å². The number of ether oxygens (including phenoxy) is 2. The summed E-state index contributed by atoms with van der Waals surface area (Å²) in [6, 6.07) is 35.6. The molecule has 0 unspecified atom stereocenters. The van der Waals surface area contributed by atoms with Crippen molar-refractivity contribution in [1.82, 2.24) is 5.43 Å². The zero-order chi connectivity index (χ0) is 28.0. The molecule has 0 fully saturated rings. The lowest BCUT2D eigenvalue weighted by Crippen LogP contribution is -2.43. The minimum absolute atomic E-state index is 0.384. The highest BCUT2D eigenvalue weighted by Crippen LogP contribution is 2.35. The van der Waals surface area contributed by atoms with E-state index in [1.165, 1.54) is 6.21 Å². The lowest BCUT2D eigenvalue weighted by Gasteiger charge is -2.27. The lowest BCUT2D eigenvalue weighted by atomic mass is 9.85. The smallest absolute Gasteiger partial charge is 0.281 e. The van der Waals surface area contributed by atoms with E-state index in [9.17, 15) is 9.90 Å². The van der Waals surface area contributed by atoms with Crippen LogP contribution in [0.2, 0.25) is 0 Å². The van der Waals surface area contributed by atoms with E-state index >= 15 is 0 Å². The van der Waals surface area contributed by atoms with Gasteiger partial charge in [0.2, 0.25) is 0 Å². The molecule has 0 spiro atoms. The summed E-state index contributed by atoms with van der Waals surface area (Å²) in [4.78, 5) is 13.3. The van der Waals surface area contributed by atoms with Gasteiger partial charge in [-0.25, -0.2) is 5.43 Å².